The maximum absolute atomic E-state index is 9.05. The molecule has 172 valence electrons. The number of hydrogen-bond donors (Lipinski definition) is 3. The third kappa shape index (κ3) is 6.57. The zero-order valence-corrected chi connectivity index (χ0v) is 18.1. The van der Waals surface area contributed by atoms with Crippen molar-refractivity contribution in [3.05, 3.63) is 62.4 Å². The lowest BCUT2D eigenvalue weighted by Gasteiger charge is -2.02. The standard InChI is InChI=1S/C11H12O4.C9H6Br2O2.3CH4/c1-14-10-3-7(5-12)2-8-4-9(6-13)15-11(8)10;10-6-1-5-2-7(4-12)13-9(5)8(11)3-6;;;/h2-4,12-13H,5-6H2,1H3;1-3,12H,4H2;3*1H4. The van der Waals surface area contributed by atoms with Crippen molar-refractivity contribution in [1.82, 2.24) is 0 Å². The Hall–Kier alpha value is -1.84. The second kappa shape index (κ2) is 12.9. The molecule has 0 aliphatic rings. The molecule has 0 radical (unpaired) electrons. The van der Waals surface area contributed by atoms with Crippen LogP contribution in [0, 0.1) is 0 Å². The van der Waals surface area contributed by atoms with Crippen LogP contribution in [-0.4, -0.2) is 22.4 Å². The Labute approximate surface area is 199 Å². The first-order valence-electron chi connectivity index (χ1n) is 8.28. The number of hydrogen-bond acceptors (Lipinski definition) is 6. The lowest BCUT2D eigenvalue weighted by molar-refractivity contribution is 0.250. The molecule has 0 atom stereocenters. The molecule has 0 aliphatic heterocycles. The number of benzene rings is 2. The maximum Gasteiger partial charge on any atom is 0.176 e. The molecular formula is C23H30Br2O6. The summed E-state index contributed by atoms with van der Waals surface area (Å²) in [7, 11) is 1.54. The summed E-state index contributed by atoms with van der Waals surface area (Å²) in [6.45, 7) is -0.267. The van der Waals surface area contributed by atoms with E-state index in [1.165, 1.54) is 7.11 Å². The van der Waals surface area contributed by atoms with Gasteiger partial charge in [-0.1, -0.05) is 38.2 Å². The zero-order chi connectivity index (χ0) is 20.3. The summed E-state index contributed by atoms with van der Waals surface area (Å²) in [5, 5.41) is 28.7. The van der Waals surface area contributed by atoms with E-state index in [1.54, 1.807) is 18.2 Å². The van der Waals surface area contributed by atoms with Crippen molar-refractivity contribution >= 4 is 53.8 Å². The molecule has 0 aliphatic carbocycles. The predicted octanol–water partition coefficient (Wildman–Crippen LogP) is 6.78. The lowest BCUT2D eigenvalue weighted by Crippen LogP contribution is -1.87. The highest BCUT2D eigenvalue weighted by Crippen LogP contribution is 2.31. The van der Waals surface area contributed by atoms with E-state index in [1.807, 2.05) is 18.2 Å². The molecule has 4 aromatic rings. The van der Waals surface area contributed by atoms with Crippen LogP contribution >= 0.6 is 31.9 Å². The van der Waals surface area contributed by atoms with Crippen LogP contribution in [0.2, 0.25) is 0 Å². The second-order valence-electron chi connectivity index (χ2n) is 5.92. The van der Waals surface area contributed by atoms with Crippen LogP contribution in [0.3, 0.4) is 0 Å². The molecule has 0 fully saturated rings. The minimum atomic E-state index is -0.147. The van der Waals surface area contributed by atoms with Gasteiger partial charge in [0.15, 0.2) is 11.3 Å². The second-order valence-corrected chi connectivity index (χ2v) is 7.69. The summed E-state index contributed by atoms with van der Waals surface area (Å²) in [5.74, 6) is 1.63. The number of fused-ring (bicyclic) bond motifs is 2. The molecule has 0 unspecified atom stereocenters. The number of aliphatic hydroxyl groups is 3. The molecule has 2 aromatic carbocycles. The fraction of sp³-hybridized carbons (Fsp3) is 0.304. The van der Waals surface area contributed by atoms with Crippen molar-refractivity contribution in [2.24, 2.45) is 0 Å². The van der Waals surface area contributed by atoms with Crippen molar-refractivity contribution in [2.45, 2.75) is 42.1 Å². The smallest absolute Gasteiger partial charge is 0.176 e. The van der Waals surface area contributed by atoms with Crippen molar-refractivity contribution in [1.29, 1.82) is 0 Å². The van der Waals surface area contributed by atoms with Crippen LogP contribution in [0.4, 0.5) is 0 Å². The molecule has 31 heavy (non-hydrogen) atoms. The Bertz CT molecular complexity index is 1100. The highest BCUT2D eigenvalue weighted by Gasteiger charge is 2.10. The molecular weight excluding hydrogens is 532 g/mol. The summed E-state index contributed by atoms with van der Waals surface area (Å²) in [5.41, 5.74) is 2.12. The van der Waals surface area contributed by atoms with E-state index in [-0.39, 0.29) is 42.1 Å². The van der Waals surface area contributed by atoms with Gasteiger partial charge in [-0.25, -0.2) is 0 Å². The zero-order valence-electron chi connectivity index (χ0n) is 14.9. The molecule has 2 heterocycles. The van der Waals surface area contributed by atoms with Crippen molar-refractivity contribution in [2.75, 3.05) is 7.11 Å². The van der Waals surface area contributed by atoms with E-state index < -0.39 is 0 Å². The number of aliphatic hydroxyl groups excluding tert-OH is 3. The average Bonchev–Trinajstić information content (AvgIpc) is 3.31. The first kappa shape index (κ1) is 29.2. The Kier molecular flexibility index (Phi) is 12.1. The molecule has 6 nitrogen and oxygen atoms in total. The Morgan fingerprint density at radius 2 is 1.29 bits per heavy atom. The molecule has 8 heteroatoms. The largest absolute Gasteiger partial charge is 0.493 e. The first-order valence-corrected chi connectivity index (χ1v) is 9.87. The fourth-order valence-corrected chi connectivity index (χ4v) is 4.10. The summed E-state index contributed by atoms with van der Waals surface area (Å²) >= 11 is 6.77. The van der Waals surface area contributed by atoms with Gasteiger partial charge >= 0.3 is 0 Å². The summed E-state index contributed by atoms with van der Waals surface area (Å²) in [6.07, 6.45) is 0. The van der Waals surface area contributed by atoms with Gasteiger partial charge in [0.2, 0.25) is 0 Å². The average molecular weight is 562 g/mol. The SMILES string of the molecule is C.C.C.COc1cc(CO)cc2cc(CO)oc12.OCc1cc2cc(Br)cc(Br)c2o1. The summed E-state index contributed by atoms with van der Waals surface area (Å²) in [6, 6.07) is 10.9. The number of halogens is 2. The quantitative estimate of drug-likeness (QED) is 0.254. The van der Waals surface area contributed by atoms with Gasteiger partial charge < -0.3 is 28.9 Å². The Morgan fingerprint density at radius 1 is 0.742 bits per heavy atom. The van der Waals surface area contributed by atoms with Crippen LogP contribution in [0.25, 0.3) is 21.9 Å². The molecule has 2 aromatic heterocycles. The number of ether oxygens (including phenoxy) is 1. The van der Waals surface area contributed by atoms with E-state index in [4.69, 9.17) is 28.9 Å². The molecule has 0 amide bonds. The van der Waals surface area contributed by atoms with Gasteiger partial charge in [-0.05, 0) is 57.9 Å². The molecule has 0 spiro atoms. The van der Waals surface area contributed by atoms with Crippen LogP contribution < -0.4 is 4.74 Å². The molecule has 4 rings (SSSR count). The molecule has 0 saturated heterocycles. The van der Waals surface area contributed by atoms with Gasteiger partial charge in [-0.15, -0.1) is 0 Å². The van der Waals surface area contributed by atoms with Gasteiger partial charge in [0.1, 0.15) is 30.3 Å². The molecule has 0 saturated carbocycles. The minimum Gasteiger partial charge on any atom is -0.493 e. The molecule has 0 bridgehead atoms. The highest BCUT2D eigenvalue weighted by molar-refractivity contribution is 9.11. The van der Waals surface area contributed by atoms with Crippen LogP contribution in [-0.2, 0) is 19.8 Å². The summed E-state index contributed by atoms with van der Waals surface area (Å²) < 4.78 is 17.8. The Balaban J connectivity index is 0.000000533. The minimum absolute atomic E-state index is 0. The van der Waals surface area contributed by atoms with Crippen molar-refractivity contribution in [3.8, 4) is 5.75 Å². The molecule has 3 N–H and O–H groups in total. The normalized spacial score (nSPS) is 9.87. The van der Waals surface area contributed by atoms with Crippen LogP contribution in [0.15, 0.2) is 54.2 Å². The van der Waals surface area contributed by atoms with Crippen LogP contribution in [0.1, 0.15) is 39.4 Å². The van der Waals surface area contributed by atoms with E-state index in [0.717, 1.165) is 30.9 Å². The highest BCUT2D eigenvalue weighted by atomic mass is 79.9. The lowest BCUT2D eigenvalue weighted by atomic mass is 10.1. The monoisotopic (exact) mass is 560 g/mol. The predicted molar refractivity (Wildman–Crippen MR) is 132 cm³/mol. The van der Waals surface area contributed by atoms with E-state index >= 15 is 0 Å². The summed E-state index contributed by atoms with van der Waals surface area (Å²) in [4.78, 5) is 0. The fourth-order valence-electron chi connectivity index (χ4n) is 2.76. The van der Waals surface area contributed by atoms with Gasteiger partial charge in [-0.2, -0.15) is 0 Å². The topological polar surface area (TPSA) is 96.2 Å². The Morgan fingerprint density at radius 3 is 1.81 bits per heavy atom. The van der Waals surface area contributed by atoms with Crippen LogP contribution in [0.5, 0.6) is 5.75 Å². The first-order chi connectivity index (χ1) is 13.5. The van der Waals surface area contributed by atoms with Gasteiger partial charge in [0, 0.05) is 15.2 Å². The van der Waals surface area contributed by atoms with Gasteiger partial charge in [0.05, 0.1) is 18.2 Å². The van der Waals surface area contributed by atoms with Gasteiger partial charge in [0.25, 0.3) is 0 Å². The van der Waals surface area contributed by atoms with Crippen molar-refractivity contribution < 1.29 is 28.9 Å². The van der Waals surface area contributed by atoms with E-state index in [9.17, 15) is 0 Å². The van der Waals surface area contributed by atoms with Gasteiger partial charge in [-0.3, -0.25) is 0 Å². The van der Waals surface area contributed by atoms with E-state index in [0.29, 0.717) is 22.9 Å². The van der Waals surface area contributed by atoms with Crippen molar-refractivity contribution in [3.63, 3.8) is 0 Å². The number of furan rings is 2. The number of methoxy groups -OCH3 is 1. The van der Waals surface area contributed by atoms with E-state index in [2.05, 4.69) is 31.9 Å². The third-order valence-electron chi connectivity index (χ3n) is 3.99. The maximum atomic E-state index is 9.05. The third-order valence-corrected chi connectivity index (χ3v) is 5.04. The number of rotatable bonds is 4.